The number of carboxylic acid groups (broad SMARTS) is 1. The minimum atomic E-state index is -0.759. The fraction of sp³-hybridized carbons (Fsp3) is 0.895. The number of carbonyl (C=O) groups is 2. The van der Waals surface area contributed by atoms with E-state index in [1.807, 2.05) is 0 Å². The van der Waals surface area contributed by atoms with Gasteiger partial charge in [0, 0.05) is 37.1 Å². The third-order valence-corrected chi connectivity index (χ3v) is 6.71. The quantitative estimate of drug-likeness (QED) is 0.291. The number of rotatable bonds is 15. The molecule has 0 bridgehead atoms. The molecule has 1 rings (SSSR count). The van der Waals surface area contributed by atoms with Crippen LogP contribution in [0, 0.1) is 11.8 Å². The number of hydrogen-bond donors (Lipinski definition) is 3. The zero-order valence-electron chi connectivity index (χ0n) is 15.7. The number of aliphatic hydroxyl groups excluding tert-OH is 2. The van der Waals surface area contributed by atoms with Gasteiger partial charge in [-0.3, -0.25) is 4.79 Å². The summed E-state index contributed by atoms with van der Waals surface area (Å²) in [7, 11) is 1.64. The highest BCUT2D eigenvalue weighted by Crippen LogP contribution is 2.42. The zero-order valence-corrected chi connectivity index (χ0v) is 16.5. The maximum Gasteiger partial charge on any atom is 0.303 e. The molecule has 1 saturated carbocycles. The van der Waals surface area contributed by atoms with Gasteiger partial charge in [-0.25, -0.2) is 0 Å². The first-order valence-electron chi connectivity index (χ1n) is 9.63. The highest BCUT2D eigenvalue weighted by atomic mass is 32.2. The standard InChI is InChI=1S/C19H34O6S/c1-25-10-6-7-15(21)13-26-19-16(14(12-20)11-17(19)22)8-4-2-3-5-9-18(23)24/h12,14-17,19,21-22H,2-11,13H2,1H3,(H,23,24)/t14?,15?,16-,17?,19+/m0/s1. The number of ether oxygens (including phenoxy) is 1. The molecule has 26 heavy (non-hydrogen) atoms. The van der Waals surface area contributed by atoms with Crippen LogP contribution in [0.2, 0.25) is 0 Å². The van der Waals surface area contributed by atoms with Crippen molar-refractivity contribution in [2.75, 3.05) is 19.5 Å². The Bertz CT molecular complexity index is 405. The Labute approximate surface area is 160 Å². The Morgan fingerprint density at radius 2 is 2.00 bits per heavy atom. The number of thioether (sulfide) groups is 1. The smallest absolute Gasteiger partial charge is 0.303 e. The van der Waals surface area contributed by atoms with Gasteiger partial charge in [0.05, 0.1) is 12.2 Å². The number of aliphatic carboxylic acids is 1. The summed E-state index contributed by atoms with van der Waals surface area (Å²) in [5, 5.41) is 29.1. The average molecular weight is 391 g/mol. The molecule has 0 aromatic carbocycles. The molecule has 0 aromatic rings. The predicted molar refractivity (Wildman–Crippen MR) is 102 cm³/mol. The Morgan fingerprint density at radius 1 is 1.27 bits per heavy atom. The van der Waals surface area contributed by atoms with Crippen LogP contribution < -0.4 is 0 Å². The maximum absolute atomic E-state index is 11.4. The first kappa shape index (κ1) is 23.4. The second kappa shape index (κ2) is 13.5. The lowest BCUT2D eigenvalue weighted by molar-refractivity contribution is -0.137. The normalized spacial score (nSPS) is 26.7. The van der Waals surface area contributed by atoms with Gasteiger partial charge in [-0.2, -0.15) is 11.8 Å². The van der Waals surface area contributed by atoms with E-state index < -0.39 is 18.2 Å². The highest BCUT2D eigenvalue weighted by Gasteiger charge is 2.42. The average Bonchev–Trinajstić information content (AvgIpc) is 2.91. The maximum atomic E-state index is 11.4. The molecule has 152 valence electrons. The third-order valence-electron chi connectivity index (χ3n) is 5.08. The van der Waals surface area contributed by atoms with Crippen LogP contribution in [0.1, 0.15) is 57.8 Å². The van der Waals surface area contributed by atoms with Gasteiger partial charge in [0.2, 0.25) is 0 Å². The fourth-order valence-corrected chi connectivity index (χ4v) is 5.19. The van der Waals surface area contributed by atoms with Crippen molar-refractivity contribution in [2.45, 2.75) is 75.2 Å². The lowest BCUT2D eigenvalue weighted by atomic mass is 9.91. The fourth-order valence-electron chi connectivity index (χ4n) is 3.66. The van der Waals surface area contributed by atoms with Gasteiger partial charge in [-0.1, -0.05) is 19.3 Å². The minimum absolute atomic E-state index is 0.0127. The Hall–Kier alpha value is -0.630. The van der Waals surface area contributed by atoms with Crippen molar-refractivity contribution in [3.63, 3.8) is 0 Å². The van der Waals surface area contributed by atoms with E-state index in [1.54, 1.807) is 18.9 Å². The van der Waals surface area contributed by atoms with E-state index in [9.17, 15) is 19.8 Å². The summed E-state index contributed by atoms with van der Waals surface area (Å²) in [5.41, 5.74) is 0. The molecule has 1 aliphatic carbocycles. The molecule has 0 heterocycles. The number of unbranched alkanes of at least 4 members (excludes halogenated alkanes) is 3. The van der Waals surface area contributed by atoms with Gasteiger partial charge < -0.3 is 24.9 Å². The predicted octanol–water partition coefficient (Wildman–Crippen LogP) is 2.50. The van der Waals surface area contributed by atoms with Crippen molar-refractivity contribution in [2.24, 2.45) is 11.8 Å². The van der Waals surface area contributed by atoms with Crippen molar-refractivity contribution >= 4 is 24.0 Å². The topological polar surface area (TPSA) is 104 Å². The first-order valence-corrected chi connectivity index (χ1v) is 10.7. The molecule has 0 radical (unpaired) electrons. The zero-order chi connectivity index (χ0) is 19.4. The molecule has 1 fully saturated rings. The Morgan fingerprint density at radius 3 is 2.65 bits per heavy atom. The van der Waals surface area contributed by atoms with E-state index in [0.29, 0.717) is 31.6 Å². The highest BCUT2D eigenvalue weighted by molar-refractivity contribution is 8.00. The van der Waals surface area contributed by atoms with Crippen molar-refractivity contribution < 1.29 is 29.6 Å². The second-order valence-corrected chi connectivity index (χ2v) is 8.41. The molecular weight excluding hydrogens is 356 g/mol. The van der Waals surface area contributed by atoms with Crippen molar-refractivity contribution in [1.29, 1.82) is 0 Å². The summed E-state index contributed by atoms with van der Waals surface area (Å²) in [6, 6.07) is 0. The summed E-state index contributed by atoms with van der Waals surface area (Å²) in [6.07, 6.45) is 6.55. The second-order valence-electron chi connectivity index (χ2n) is 7.20. The molecule has 5 atom stereocenters. The van der Waals surface area contributed by atoms with Gasteiger partial charge in [-0.15, -0.1) is 0 Å². The number of carbonyl (C=O) groups excluding carboxylic acids is 1. The molecule has 0 aromatic heterocycles. The summed E-state index contributed by atoms with van der Waals surface area (Å²) < 4.78 is 4.99. The Balaban J connectivity index is 2.38. The van der Waals surface area contributed by atoms with Gasteiger partial charge in [-0.05, 0) is 38.0 Å². The van der Waals surface area contributed by atoms with Crippen LogP contribution in [0.5, 0.6) is 0 Å². The molecule has 0 aliphatic heterocycles. The SMILES string of the molecule is COCCCC(O)CS[C@H]1C(O)CC(C=O)[C@@H]1CCCCCCC(=O)O. The molecule has 0 saturated heterocycles. The van der Waals surface area contributed by atoms with Crippen molar-refractivity contribution in [3.05, 3.63) is 0 Å². The summed E-state index contributed by atoms with van der Waals surface area (Å²) in [6.45, 7) is 0.630. The number of aliphatic hydroxyl groups is 2. The number of hydrogen-bond acceptors (Lipinski definition) is 6. The van der Waals surface area contributed by atoms with Gasteiger partial charge in [0.15, 0.2) is 0 Å². The number of methoxy groups -OCH3 is 1. The monoisotopic (exact) mass is 390 g/mol. The van der Waals surface area contributed by atoms with Crippen molar-refractivity contribution in [1.82, 2.24) is 0 Å². The molecule has 1 aliphatic rings. The molecule has 0 spiro atoms. The van der Waals surface area contributed by atoms with E-state index in [1.165, 1.54) is 0 Å². The van der Waals surface area contributed by atoms with Crippen LogP contribution in [-0.4, -0.2) is 64.5 Å². The summed E-state index contributed by atoms with van der Waals surface area (Å²) in [4.78, 5) is 21.9. The molecule has 3 unspecified atom stereocenters. The van der Waals surface area contributed by atoms with Gasteiger partial charge in [0.25, 0.3) is 0 Å². The minimum Gasteiger partial charge on any atom is -0.481 e. The van der Waals surface area contributed by atoms with E-state index in [2.05, 4.69) is 0 Å². The molecule has 7 heteroatoms. The van der Waals surface area contributed by atoms with Gasteiger partial charge >= 0.3 is 5.97 Å². The molecule has 0 amide bonds. The van der Waals surface area contributed by atoms with E-state index in [0.717, 1.165) is 38.4 Å². The van der Waals surface area contributed by atoms with Crippen LogP contribution in [0.3, 0.4) is 0 Å². The van der Waals surface area contributed by atoms with E-state index in [4.69, 9.17) is 9.84 Å². The van der Waals surface area contributed by atoms with Crippen LogP contribution in [0.15, 0.2) is 0 Å². The van der Waals surface area contributed by atoms with Crippen LogP contribution in [-0.2, 0) is 14.3 Å². The van der Waals surface area contributed by atoms with Crippen LogP contribution in [0.25, 0.3) is 0 Å². The van der Waals surface area contributed by atoms with Gasteiger partial charge in [0.1, 0.15) is 6.29 Å². The van der Waals surface area contributed by atoms with E-state index >= 15 is 0 Å². The number of carboxylic acids is 1. The lowest BCUT2D eigenvalue weighted by Crippen LogP contribution is -2.26. The Kier molecular flexibility index (Phi) is 12.2. The van der Waals surface area contributed by atoms with Crippen molar-refractivity contribution in [3.8, 4) is 0 Å². The summed E-state index contributed by atoms with van der Waals surface area (Å²) in [5.74, 6) is -0.178. The third kappa shape index (κ3) is 8.84. The lowest BCUT2D eigenvalue weighted by Gasteiger charge is -2.24. The molecule has 6 nitrogen and oxygen atoms in total. The van der Waals surface area contributed by atoms with E-state index in [-0.39, 0.29) is 23.5 Å². The van der Waals surface area contributed by atoms with Crippen LogP contribution in [0.4, 0.5) is 0 Å². The molecule has 3 N–H and O–H groups in total. The number of aldehydes is 1. The first-order chi connectivity index (χ1) is 12.5. The molecular formula is C19H34O6S. The largest absolute Gasteiger partial charge is 0.481 e. The summed E-state index contributed by atoms with van der Waals surface area (Å²) >= 11 is 1.58. The van der Waals surface area contributed by atoms with Crippen LogP contribution >= 0.6 is 11.8 Å².